The Labute approximate surface area is 73.1 Å². The van der Waals surface area contributed by atoms with Crippen LogP contribution in [0.15, 0.2) is 0 Å². The number of hydrogen-bond donors (Lipinski definition) is 1. The van der Waals surface area contributed by atoms with Crippen LogP contribution in [0.25, 0.3) is 0 Å². The Morgan fingerprint density at radius 2 is 1.11 bits per heavy atom. The first-order chi connectivity index (χ1) is 2.00. The standard InChI is InChI=1S/Fe.Mn.H3N.H3O4P.H2O/c;;;1-5(2,3)4;/h;;1H3;(H3,1,2,3,4);1H2/q;+2;;;/p-2. The van der Waals surface area contributed by atoms with Crippen molar-refractivity contribution < 1.29 is 58.9 Å². The molecule has 9 heteroatoms. The monoisotopic (exact) mass is 242 g/mol. The molecule has 0 fully saturated rings. The fraction of sp³-hybridized carbons (Fsp3) is 0. The molecule has 0 amide bonds. The summed E-state index contributed by atoms with van der Waals surface area (Å²) in [6.45, 7) is 0. The van der Waals surface area contributed by atoms with Gasteiger partial charge in [0, 0.05) is 17.1 Å². The smallest absolute Gasteiger partial charge is 0.822 e. The molecule has 0 aromatic rings. The van der Waals surface area contributed by atoms with Crippen molar-refractivity contribution in [3.05, 3.63) is 0 Å². The minimum atomic E-state index is -5.39. The summed E-state index contributed by atoms with van der Waals surface area (Å²) < 4.78 is 8.55. The Morgan fingerprint density at radius 3 is 1.11 bits per heavy atom. The zero-order valence-electron chi connectivity index (χ0n) is 4.31. The van der Waals surface area contributed by atoms with E-state index in [1.54, 1.807) is 0 Å². The van der Waals surface area contributed by atoms with Gasteiger partial charge in [0.25, 0.3) is 0 Å². The maximum absolute atomic E-state index is 8.55. The normalized spacial score (nSPS) is 6.56. The van der Waals surface area contributed by atoms with E-state index in [1.807, 2.05) is 0 Å². The van der Waals surface area contributed by atoms with E-state index in [4.69, 9.17) is 19.2 Å². The maximum Gasteiger partial charge on any atom is 2.00 e. The summed E-state index contributed by atoms with van der Waals surface area (Å²) in [7, 11) is -5.39. The summed E-state index contributed by atoms with van der Waals surface area (Å²) in [5.74, 6) is 0. The second-order valence-electron chi connectivity index (χ2n) is 0.447. The zero-order valence-corrected chi connectivity index (χ0v) is 7.49. The molecule has 0 saturated heterocycles. The van der Waals surface area contributed by atoms with Crippen molar-refractivity contribution in [2.75, 3.05) is 0 Å². The predicted octanol–water partition coefficient (Wildman–Crippen LogP) is -3.28. The van der Waals surface area contributed by atoms with E-state index in [1.165, 1.54) is 0 Å². The first kappa shape index (κ1) is 32.2. The van der Waals surface area contributed by atoms with Gasteiger partial charge in [0.1, 0.15) is 0 Å². The van der Waals surface area contributed by atoms with Crippen molar-refractivity contribution in [2.45, 2.75) is 0 Å². The molecule has 61 valence electrons. The van der Waals surface area contributed by atoms with E-state index in [2.05, 4.69) is 0 Å². The van der Waals surface area contributed by atoms with Gasteiger partial charge in [-0.15, -0.1) is 0 Å². The van der Waals surface area contributed by atoms with Crippen molar-refractivity contribution in [3.63, 3.8) is 0 Å². The molecule has 0 aliphatic carbocycles. The second kappa shape index (κ2) is 11.8. The van der Waals surface area contributed by atoms with Gasteiger partial charge in [-0.2, -0.15) is 7.82 Å². The van der Waals surface area contributed by atoms with Gasteiger partial charge in [-0.05, 0) is 0 Å². The van der Waals surface area contributed by atoms with E-state index >= 15 is 0 Å². The molecule has 0 bridgehead atoms. The molecule has 0 spiro atoms. The fourth-order valence-electron chi connectivity index (χ4n) is 0. The van der Waals surface area contributed by atoms with Crippen LogP contribution < -0.4 is 20.8 Å². The second-order valence-corrected chi connectivity index (χ2v) is 1.34. The molecule has 0 rings (SSSR count). The van der Waals surface area contributed by atoms with Crippen molar-refractivity contribution in [2.24, 2.45) is 0 Å². The number of quaternary nitrogens is 1. The van der Waals surface area contributed by atoms with Crippen LogP contribution >= 0.6 is 7.82 Å². The Hall–Kier alpha value is 1.07. The molecule has 0 aliphatic rings. The van der Waals surface area contributed by atoms with Crippen LogP contribution in [-0.4, -0.2) is 5.48 Å². The van der Waals surface area contributed by atoms with Crippen molar-refractivity contribution in [3.8, 4) is 0 Å². The number of rotatable bonds is 0. The molecule has 0 heterocycles. The van der Waals surface area contributed by atoms with E-state index in [9.17, 15) is 0 Å². The summed E-state index contributed by atoms with van der Waals surface area (Å²) in [6.07, 6.45) is 0. The molecule has 0 atom stereocenters. The van der Waals surface area contributed by atoms with Crippen LogP contribution in [0, 0.1) is 0 Å². The molecule has 0 saturated carbocycles. The van der Waals surface area contributed by atoms with Crippen LogP contribution in [0.4, 0.5) is 0 Å². The van der Waals surface area contributed by atoms with Gasteiger partial charge in [-0.3, -0.25) is 0 Å². The Morgan fingerprint density at radius 1 is 1.11 bits per heavy atom. The summed E-state index contributed by atoms with van der Waals surface area (Å²) in [6, 6.07) is 0. The average molecular weight is 242 g/mol. The third-order valence-electron chi connectivity index (χ3n) is 0. The molecular formula is H6FeMnNO5P. The summed E-state index contributed by atoms with van der Waals surface area (Å²) in [5, 5.41) is 0. The van der Waals surface area contributed by atoms with Crippen LogP contribution in [0.1, 0.15) is 0 Å². The molecule has 0 aromatic carbocycles. The van der Waals surface area contributed by atoms with E-state index < -0.39 is 7.82 Å². The van der Waals surface area contributed by atoms with Gasteiger partial charge in [-0.1, -0.05) is 0 Å². The summed E-state index contributed by atoms with van der Waals surface area (Å²) in [5.41, 5.74) is 0. The topological polar surface area (TPSA) is 154 Å². The number of hydrogen-bond acceptors (Lipinski definition) is 4. The van der Waals surface area contributed by atoms with Gasteiger partial charge in [0.15, 0.2) is 0 Å². The zero-order chi connectivity index (χ0) is 4.50. The van der Waals surface area contributed by atoms with E-state index in [0.29, 0.717) is 0 Å². The molecule has 0 aromatic heterocycles. The summed E-state index contributed by atoms with van der Waals surface area (Å²) in [4.78, 5) is 25.6. The average Bonchev–Trinajstić information content (AvgIpc) is 0.722. The van der Waals surface area contributed by atoms with E-state index in [0.717, 1.165) is 0 Å². The van der Waals surface area contributed by atoms with Gasteiger partial charge in [-0.25, -0.2) is 0 Å². The molecular weight excluding hydrogens is 236 g/mol. The largest absolute Gasteiger partial charge is 2.00 e. The first-order valence-electron chi connectivity index (χ1n) is 0.730. The molecule has 0 unspecified atom stereocenters. The van der Waals surface area contributed by atoms with E-state index in [-0.39, 0.29) is 45.8 Å². The van der Waals surface area contributed by atoms with Gasteiger partial charge in [0.05, 0.1) is 0 Å². The molecule has 6 nitrogen and oxygen atoms in total. The van der Waals surface area contributed by atoms with Gasteiger partial charge in [0.2, 0.25) is 0 Å². The van der Waals surface area contributed by atoms with Gasteiger partial charge >= 0.3 is 17.1 Å². The van der Waals surface area contributed by atoms with Crippen LogP contribution in [0.2, 0.25) is 0 Å². The van der Waals surface area contributed by atoms with Crippen LogP contribution in [-0.2, 0) is 38.7 Å². The van der Waals surface area contributed by atoms with Crippen molar-refractivity contribution in [1.82, 2.24) is 6.15 Å². The third kappa shape index (κ3) is 397. The van der Waals surface area contributed by atoms with Gasteiger partial charge < -0.3 is 30.9 Å². The van der Waals surface area contributed by atoms with Crippen molar-refractivity contribution >= 4 is 7.82 Å². The Kier molecular flexibility index (Phi) is 42.3. The maximum atomic E-state index is 8.55. The minimum absolute atomic E-state index is 0. The Bertz CT molecular complexity index is 63.1. The fourth-order valence-corrected chi connectivity index (χ4v) is 0. The summed E-state index contributed by atoms with van der Waals surface area (Å²) >= 11 is 0. The third-order valence-corrected chi connectivity index (χ3v) is 0. The quantitative estimate of drug-likeness (QED) is 0.349. The SMILES string of the molecule is O.O=P([O-])([O-])[O-].[Fe].[Mn+2].[NH4+]. The molecule has 1 radical (unpaired) electrons. The first-order valence-corrected chi connectivity index (χ1v) is 2.19. The van der Waals surface area contributed by atoms with Crippen LogP contribution in [0.3, 0.4) is 0 Å². The minimum Gasteiger partial charge on any atom is -0.822 e. The predicted molar refractivity (Wildman–Crippen MR) is 17.2 cm³/mol. The molecule has 6 N–H and O–H groups in total. The number of phosphoric acid groups is 1. The molecule has 0 aliphatic heterocycles. The Balaban J connectivity index is -0.0000000133. The molecule has 9 heavy (non-hydrogen) atoms. The van der Waals surface area contributed by atoms with Crippen LogP contribution in [0.5, 0.6) is 0 Å². The van der Waals surface area contributed by atoms with Crippen molar-refractivity contribution in [1.29, 1.82) is 0 Å².